The van der Waals surface area contributed by atoms with Crippen LogP contribution in [-0.2, 0) is 19.6 Å². The van der Waals surface area contributed by atoms with Crippen molar-refractivity contribution < 1.29 is 17.9 Å². The molecular formula is C14H28N2O4S. The second-order valence-electron chi connectivity index (χ2n) is 5.44. The largest absolute Gasteiger partial charge is 0.466 e. The van der Waals surface area contributed by atoms with Crippen LogP contribution in [0, 0.1) is 5.92 Å². The Morgan fingerprint density at radius 2 is 2.14 bits per heavy atom. The van der Waals surface area contributed by atoms with Gasteiger partial charge in [0, 0.05) is 13.1 Å². The van der Waals surface area contributed by atoms with Crippen molar-refractivity contribution in [1.82, 2.24) is 9.62 Å². The molecule has 0 aliphatic carbocycles. The monoisotopic (exact) mass is 320 g/mol. The summed E-state index contributed by atoms with van der Waals surface area (Å²) in [6.45, 7) is 6.91. The van der Waals surface area contributed by atoms with Gasteiger partial charge in [-0.25, -0.2) is 12.7 Å². The number of carbonyl (C=O) groups excluding carboxylic acids is 1. The van der Waals surface area contributed by atoms with Crippen LogP contribution in [0.25, 0.3) is 0 Å². The van der Waals surface area contributed by atoms with Crippen molar-refractivity contribution >= 4 is 16.0 Å². The van der Waals surface area contributed by atoms with E-state index in [1.807, 2.05) is 6.92 Å². The highest BCUT2D eigenvalue weighted by molar-refractivity contribution is 7.89. The predicted molar refractivity (Wildman–Crippen MR) is 82.5 cm³/mol. The molecule has 0 amide bonds. The van der Waals surface area contributed by atoms with Gasteiger partial charge >= 0.3 is 5.97 Å². The summed E-state index contributed by atoms with van der Waals surface area (Å²) in [6.07, 6.45) is 2.85. The summed E-state index contributed by atoms with van der Waals surface area (Å²) in [6, 6.07) is 0. The molecule has 0 aromatic heterocycles. The van der Waals surface area contributed by atoms with Crippen molar-refractivity contribution in [2.75, 3.05) is 38.5 Å². The molecule has 0 bridgehead atoms. The normalized spacial score (nSPS) is 19.7. The highest BCUT2D eigenvalue weighted by Gasteiger charge is 2.26. The fraction of sp³-hybridized carbons (Fsp3) is 0.929. The Balaban J connectivity index is 2.57. The minimum Gasteiger partial charge on any atom is -0.466 e. The Bertz CT molecular complexity index is 405. The summed E-state index contributed by atoms with van der Waals surface area (Å²) in [5.41, 5.74) is 0. The van der Waals surface area contributed by atoms with Crippen LogP contribution in [-0.4, -0.2) is 57.2 Å². The van der Waals surface area contributed by atoms with Gasteiger partial charge in [-0.2, -0.15) is 0 Å². The number of sulfonamides is 1. The number of nitrogens with one attached hydrogen (secondary N) is 1. The number of carbonyl (C=O) groups is 1. The molecule has 1 N–H and O–H groups in total. The average molecular weight is 320 g/mol. The SMILES string of the molecule is CCCN(CC1CCCNC1)S(=O)(=O)CCC(=O)OCC. The fourth-order valence-electron chi connectivity index (χ4n) is 2.54. The van der Waals surface area contributed by atoms with Crippen molar-refractivity contribution in [3.63, 3.8) is 0 Å². The Morgan fingerprint density at radius 3 is 2.71 bits per heavy atom. The molecule has 1 aliphatic rings. The number of hydrogen-bond donors (Lipinski definition) is 1. The maximum Gasteiger partial charge on any atom is 0.306 e. The molecule has 1 fully saturated rings. The molecule has 124 valence electrons. The van der Waals surface area contributed by atoms with Gasteiger partial charge in [-0.1, -0.05) is 6.92 Å². The molecule has 1 saturated heterocycles. The van der Waals surface area contributed by atoms with Crippen LogP contribution in [0.5, 0.6) is 0 Å². The summed E-state index contributed by atoms with van der Waals surface area (Å²) in [5, 5.41) is 3.31. The lowest BCUT2D eigenvalue weighted by Crippen LogP contribution is -2.42. The first-order valence-corrected chi connectivity index (χ1v) is 9.44. The van der Waals surface area contributed by atoms with Gasteiger partial charge in [-0.3, -0.25) is 4.79 Å². The molecule has 0 radical (unpaired) electrons. The van der Waals surface area contributed by atoms with E-state index in [0.717, 1.165) is 32.4 Å². The zero-order valence-corrected chi connectivity index (χ0v) is 14.0. The third-order valence-electron chi connectivity index (χ3n) is 3.60. The lowest BCUT2D eigenvalue weighted by Gasteiger charge is -2.29. The summed E-state index contributed by atoms with van der Waals surface area (Å²) in [7, 11) is -3.39. The van der Waals surface area contributed by atoms with E-state index in [1.165, 1.54) is 0 Å². The third kappa shape index (κ3) is 6.76. The van der Waals surface area contributed by atoms with Crippen LogP contribution in [0.2, 0.25) is 0 Å². The number of esters is 1. The summed E-state index contributed by atoms with van der Waals surface area (Å²) >= 11 is 0. The first-order valence-electron chi connectivity index (χ1n) is 7.83. The minimum absolute atomic E-state index is 0.0701. The Labute approximate surface area is 128 Å². The topological polar surface area (TPSA) is 75.7 Å². The molecule has 1 heterocycles. The van der Waals surface area contributed by atoms with E-state index in [0.29, 0.717) is 19.0 Å². The van der Waals surface area contributed by atoms with E-state index in [1.54, 1.807) is 11.2 Å². The van der Waals surface area contributed by atoms with Crippen LogP contribution < -0.4 is 5.32 Å². The Kier molecular flexibility index (Phi) is 8.21. The average Bonchev–Trinajstić information content (AvgIpc) is 2.46. The summed E-state index contributed by atoms with van der Waals surface area (Å²) in [4.78, 5) is 11.3. The van der Waals surface area contributed by atoms with E-state index >= 15 is 0 Å². The molecule has 0 aromatic rings. The highest BCUT2D eigenvalue weighted by Crippen LogP contribution is 2.15. The van der Waals surface area contributed by atoms with Gasteiger partial charge in [0.1, 0.15) is 0 Å². The van der Waals surface area contributed by atoms with Crippen LogP contribution in [0.4, 0.5) is 0 Å². The van der Waals surface area contributed by atoms with Crippen LogP contribution in [0.15, 0.2) is 0 Å². The Morgan fingerprint density at radius 1 is 1.38 bits per heavy atom. The van der Waals surface area contributed by atoms with Gasteiger partial charge in [0.2, 0.25) is 10.0 Å². The summed E-state index contributed by atoms with van der Waals surface area (Å²) < 4.78 is 31.1. The van der Waals surface area contributed by atoms with Gasteiger partial charge in [-0.05, 0) is 45.2 Å². The van der Waals surface area contributed by atoms with Crippen molar-refractivity contribution in [3.05, 3.63) is 0 Å². The quantitative estimate of drug-likeness (QED) is 0.641. The first-order chi connectivity index (χ1) is 9.99. The smallest absolute Gasteiger partial charge is 0.306 e. The van der Waals surface area contributed by atoms with E-state index in [-0.39, 0.29) is 18.8 Å². The molecule has 21 heavy (non-hydrogen) atoms. The van der Waals surface area contributed by atoms with Crippen molar-refractivity contribution in [2.45, 2.75) is 39.5 Å². The second kappa shape index (κ2) is 9.38. The second-order valence-corrected chi connectivity index (χ2v) is 7.53. The zero-order valence-electron chi connectivity index (χ0n) is 13.1. The number of hydrogen-bond acceptors (Lipinski definition) is 5. The van der Waals surface area contributed by atoms with E-state index in [2.05, 4.69) is 5.32 Å². The number of rotatable bonds is 9. The molecule has 1 rings (SSSR count). The maximum absolute atomic E-state index is 12.4. The van der Waals surface area contributed by atoms with Crippen LogP contribution >= 0.6 is 0 Å². The molecule has 6 nitrogen and oxygen atoms in total. The van der Waals surface area contributed by atoms with Gasteiger partial charge in [0.15, 0.2) is 0 Å². The maximum atomic E-state index is 12.4. The van der Waals surface area contributed by atoms with E-state index in [4.69, 9.17) is 4.74 Å². The fourth-order valence-corrected chi connectivity index (χ4v) is 4.12. The van der Waals surface area contributed by atoms with Gasteiger partial charge in [0.05, 0.1) is 18.8 Å². The van der Waals surface area contributed by atoms with Crippen LogP contribution in [0.1, 0.15) is 39.5 Å². The van der Waals surface area contributed by atoms with Crippen molar-refractivity contribution in [2.24, 2.45) is 5.92 Å². The lowest BCUT2D eigenvalue weighted by atomic mass is 10.00. The van der Waals surface area contributed by atoms with Gasteiger partial charge < -0.3 is 10.1 Å². The minimum atomic E-state index is -3.39. The molecule has 0 saturated carbocycles. The van der Waals surface area contributed by atoms with Gasteiger partial charge in [0.25, 0.3) is 0 Å². The molecular weight excluding hydrogens is 292 g/mol. The van der Waals surface area contributed by atoms with Gasteiger partial charge in [-0.15, -0.1) is 0 Å². The predicted octanol–water partition coefficient (Wildman–Crippen LogP) is 0.981. The number of ether oxygens (including phenoxy) is 1. The molecule has 0 aromatic carbocycles. The number of piperidine rings is 1. The van der Waals surface area contributed by atoms with Crippen LogP contribution in [0.3, 0.4) is 0 Å². The van der Waals surface area contributed by atoms with Crippen molar-refractivity contribution in [3.8, 4) is 0 Å². The van der Waals surface area contributed by atoms with E-state index < -0.39 is 16.0 Å². The molecule has 1 unspecified atom stereocenters. The Hall–Kier alpha value is -0.660. The molecule has 7 heteroatoms. The lowest BCUT2D eigenvalue weighted by molar-refractivity contribution is -0.142. The first kappa shape index (κ1) is 18.4. The standard InChI is InChI=1S/C14H28N2O4S/c1-3-9-16(12-13-6-5-8-15-11-13)21(18,19)10-7-14(17)20-4-2/h13,15H,3-12H2,1-2H3. The zero-order chi connectivity index (χ0) is 15.7. The van der Waals surface area contributed by atoms with E-state index in [9.17, 15) is 13.2 Å². The molecule has 1 aliphatic heterocycles. The van der Waals surface area contributed by atoms with Crippen molar-refractivity contribution in [1.29, 1.82) is 0 Å². The molecule has 0 spiro atoms. The highest BCUT2D eigenvalue weighted by atomic mass is 32.2. The summed E-state index contributed by atoms with van der Waals surface area (Å²) in [5.74, 6) is -0.245. The molecule has 1 atom stereocenters. The number of nitrogens with zero attached hydrogens (tertiary/aromatic N) is 1. The third-order valence-corrected chi connectivity index (χ3v) is 5.44.